The summed E-state index contributed by atoms with van der Waals surface area (Å²) >= 11 is 1.25. The number of nitrogens with zero attached hydrogens (tertiary/aromatic N) is 4. The number of carbonyl (C=O) groups is 1. The molecule has 0 N–H and O–H groups in total. The number of amides is 1. The lowest BCUT2D eigenvalue weighted by molar-refractivity contribution is 0.0648. The van der Waals surface area contributed by atoms with E-state index >= 15 is 0 Å². The Labute approximate surface area is 180 Å². The predicted molar refractivity (Wildman–Crippen MR) is 117 cm³/mol. The van der Waals surface area contributed by atoms with Crippen molar-refractivity contribution in [3.05, 3.63) is 71.2 Å². The number of thiazole rings is 1. The SMILES string of the molecule is CN(C(=O)c1cnc(-c2ccccc2F)s1)C1CCN(CCc2ccccn2)CC1. The molecule has 0 saturated carbocycles. The van der Waals surface area contributed by atoms with E-state index in [0.717, 1.165) is 44.6 Å². The van der Waals surface area contributed by atoms with Crippen molar-refractivity contribution in [1.82, 2.24) is 19.8 Å². The minimum atomic E-state index is -0.322. The minimum Gasteiger partial charge on any atom is -0.338 e. The minimum absolute atomic E-state index is 0.0398. The first-order valence-corrected chi connectivity index (χ1v) is 11.0. The van der Waals surface area contributed by atoms with Crippen LogP contribution in [-0.2, 0) is 6.42 Å². The Morgan fingerprint density at radius 2 is 1.93 bits per heavy atom. The molecule has 3 aromatic rings. The standard InChI is InChI=1S/C23H25FN4OS/c1-27(18-10-14-28(15-11-18)13-9-17-6-4-5-12-25-17)23(29)21-16-26-22(30-21)19-7-2-3-8-20(19)24/h2-8,12,16,18H,9-11,13-15H2,1H3. The molecule has 0 aliphatic carbocycles. The summed E-state index contributed by atoms with van der Waals surface area (Å²) in [7, 11) is 1.86. The molecule has 3 heterocycles. The van der Waals surface area contributed by atoms with Gasteiger partial charge in [-0.3, -0.25) is 9.78 Å². The molecule has 2 aromatic heterocycles. The van der Waals surface area contributed by atoms with E-state index in [9.17, 15) is 9.18 Å². The number of halogens is 1. The van der Waals surface area contributed by atoms with Gasteiger partial charge in [0.25, 0.3) is 5.91 Å². The fourth-order valence-corrected chi connectivity index (χ4v) is 4.75. The van der Waals surface area contributed by atoms with Crippen molar-refractivity contribution >= 4 is 17.2 Å². The lowest BCUT2D eigenvalue weighted by Gasteiger charge is -2.36. The highest BCUT2D eigenvalue weighted by Crippen LogP contribution is 2.28. The summed E-state index contributed by atoms with van der Waals surface area (Å²) in [5, 5.41) is 0.536. The quantitative estimate of drug-likeness (QED) is 0.597. The lowest BCUT2D eigenvalue weighted by atomic mass is 10.0. The molecule has 4 rings (SSSR count). The Morgan fingerprint density at radius 3 is 2.67 bits per heavy atom. The average molecular weight is 425 g/mol. The third kappa shape index (κ3) is 4.74. The van der Waals surface area contributed by atoms with Crippen molar-refractivity contribution in [2.24, 2.45) is 0 Å². The first-order chi connectivity index (χ1) is 14.6. The van der Waals surface area contributed by atoms with E-state index in [4.69, 9.17) is 0 Å². The monoisotopic (exact) mass is 424 g/mol. The molecule has 0 radical (unpaired) electrons. The number of hydrogen-bond donors (Lipinski definition) is 0. The molecule has 7 heteroatoms. The van der Waals surface area contributed by atoms with Crippen molar-refractivity contribution in [2.75, 3.05) is 26.7 Å². The van der Waals surface area contributed by atoms with Gasteiger partial charge in [0, 0.05) is 56.6 Å². The zero-order chi connectivity index (χ0) is 20.9. The van der Waals surface area contributed by atoms with E-state index in [1.807, 2.05) is 30.3 Å². The zero-order valence-corrected chi connectivity index (χ0v) is 17.8. The maximum Gasteiger partial charge on any atom is 0.265 e. The number of aromatic nitrogens is 2. The van der Waals surface area contributed by atoms with Gasteiger partial charge in [-0.1, -0.05) is 18.2 Å². The highest BCUT2D eigenvalue weighted by atomic mass is 32.1. The second-order valence-electron chi connectivity index (χ2n) is 7.57. The molecular formula is C23H25FN4OS. The molecule has 1 aliphatic heterocycles. The second kappa shape index (κ2) is 9.45. The maximum absolute atomic E-state index is 14.0. The van der Waals surface area contributed by atoms with Crippen LogP contribution in [0.25, 0.3) is 10.6 Å². The van der Waals surface area contributed by atoms with E-state index in [1.165, 1.54) is 17.4 Å². The number of piperidine rings is 1. The number of carbonyl (C=O) groups excluding carboxylic acids is 1. The molecule has 0 bridgehead atoms. The van der Waals surface area contributed by atoms with E-state index in [1.54, 1.807) is 24.4 Å². The van der Waals surface area contributed by atoms with Gasteiger partial charge < -0.3 is 9.80 Å². The van der Waals surface area contributed by atoms with Gasteiger partial charge in [-0.2, -0.15) is 0 Å². The Hall–Kier alpha value is -2.64. The number of benzene rings is 1. The van der Waals surface area contributed by atoms with Crippen LogP contribution in [0.1, 0.15) is 28.2 Å². The van der Waals surface area contributed by atoms with Gasteiger partial charge in [0.05, 0.1) is 6.20 Å². The largest absolute Gasteiger partial charge is 0.338 e. The van der Waals surface area contributed by atoms with Gasteiger partial charge in [0.1, 0.15) is 15.7 Å². The summed E-state index contributed by atoms with van der Waals surface area (Å²) in [5.41, 5.74) is 1.55. The van der Waals surface area contributed by atoms with Gasteiger partial charge in [0.2, 0.25) is 0 Å². The molecule has 0 spiro atoms. The normalized spacial score (nSPS) is 15.3. The number of likely N-dealkylation sites (tertiary alicyclic amines) is 1. The summed E-state index contributed by atoms with van der Waals surface area (Å²) in [6, 6.07) is 12.7. The van der Waals surface area contributed by atoms with Crippen molar-refractivity contribution in [2.45, 2.75) is 25.3 Å². The third-order valence-electron chi connectivity index (χ3n) is 5.66. The van der Waals surface area contributed by atoms with E-state index in [2.05, 4.69) is 20.9 Å². The van der Waals surface area contributed by atoms with Gasteiger partial charge in [0.15, 0.2) is 0 Å². The van der Waals surface area contributed by atoms with Crippen LogP contribution in [0.15, 0.2) is 54.9 Å². The zero-order valence-electron chi connectivity index (χ0n) is 17.0. The molecule has 0 unspecified atom stereocenters. The number of rotatable bonds is 6. The van der Waals surface area contributed by atoms with Gasteiger partial charge in [-0.25, -0.2) is 9.37 Å². The smallest absolute Gasteiger partial charge is 0.265 e. The molecular weight excluding hydrogens is 399 g/mol. The van der Waals surface area contributed by atoms with Crippen LogP contribution in [0.3, 0.4) is 0 Å². The van der Waals surface area contributed by atoms with Gasteiger partial charge >= 0.3 is 0 Å². The Bertz CT molecular complexity index is 986. The number of pyridine rings is 1. The van der Waals surface area contributed by atoms with Crippen molar-refractivity contribution < 1.29 is 9.18 Å². The first kappa shape index (κ1) is 20.6. The second-order valence-corrected chi connectivity index (χ2v) is 8.60. The summed E-state index contributed by atoms with van der Waals surface area (Å²) in [5.74, 6) is -0.362. The molecule has 1 amide bonds. The van der Waals surface area contributed by atoms with Gasteiger partial charge in [-0.05, 0) is 37.1 Å². The highest BCUT2D eigenvalue weighted by Gasteiger charge is 2.27. The first-order valence-electron chi connectivity index (χ1n) is 10.2. The molecule has 156 valence electrons. The molecule has 30 heavy (non-hydrogen) atoms. The van der Waals surface area contributed by atoms with Crippen molar-refractivity contribution in [3.63, 3.8) is 0 Å². The van der Waals surface area contributed by atoms with E-state index in [-0.39, 0.29) is 17.8 Å². The number of hydrogen-bond acceptors (Lipinski definition) is 5. The van der Waals surface area contributed by atoms with Crippen molar-refractivity contribution in [3.8, 4) is 10.6 Å². The van der Waals surface area contributed by atoms with E-state index in [0.29, 0.717) is 15.4 Å². The molecule has 1 saturated heterocycles. The molecule has 1 aromatic carbocycles. The predicted octanol–water partition coefficient (Wildman–Crippen LogP) is 4.12. The van der Waals surface area contributed by atoms with Crippen LogP contribution >= 0.6 is 11.3 Å². The Morgan fingerprint density at radius 1 is 1.17 bits per heavy atom. The third-order valence-corrected chi connectivity index (χ3v) is 6.67. The highest BCUT2D eigenvalue weighted by molar-refractivity contribution is 7.16. The van der Waals surface area contributed by atoms with Crippen LogP contribution in [0.4, 0.5) is 4.39 Å². The summed E-state index contributed by atoms with van der Waals surface area (Å²) in [6.07, 6.45) is 6.24. The molecule has 5 nitrogen and oxygen atoms in total. The Balaban J connectivity index is 1.31. The fraction of sp³-hybridized carbons (Fsp3) is 0.348. The molecule has 1 aliphatic rings. The summed E-state index contributed by atoms with van der Waals surface area (Å²) in [4.78, 5) is 26.4. The van der Waals surface area contributed by atoms with Crippen LogP contribution in [0.2, 0.25) is 0 Å². The molecule has 0 atom stereocenters. The summed E-state index contributed by atoms with van der Waals surface area (Å²) in [6.45, 7) is 2.93. The van der Waals surface area contributed by atoms with Crippen LogP contribution in [0, 0.1) is 5.82 Å². The van der Waals surface area contributed by atoms with Crippen LogP contribution < -0.4 is 0 Å². The topological polar surface area (TPSA) is 49.3 Å². The maximum atomic E-state index is 14.0. The lowest BCUT2D eigenvalue weighted by Crippen LogP contribution is -2.45. The van der Waals surface area contributed by atoms with E-state index < -0.39 is 0 Å². The fourth-order valence-electron chi connectivity index (χ4n) is 3.82. The van der Waals surface area contributed by atoms with Crippen molar-refractivity contribution in [1.29, 1.82) is 0 Å². The van der Waals surface area contributed by atoms with Gasteiger partial charge in [-0.15, -0.1) is 11.3 Å². The average Bonchev–Trinajstić information content (AvgIpc) is 3.28. The van der Waals surface area contributed by atoms with Crippen LogP contribution in [0.5, 0.6) is 0 Å². The summed E-state index contributed by atoms with van der Waals surface area (Å²) < 4.78 is 14.0. The Kier molecular flexibility index (Phi) is 6.50. The van der Waals surface area contributed by atoms with Crippen LogP contribution in [-0.4, -0.2) is 58.4 Å². The molecule has 1 fully saturated rings.